The van der Waals surface area contributed by atoms with Gasteiger partial charge in [0.25, 0.3) is 5.91 Å². The highest BCUT2D eigenvalue weighted by atomic mass is 32.1. The van der Waals surface area contributed by atoms with Crippen molar-refractivity contribution in [3.63, 3.8) is 0 Å². The first kappa shape index (κ1) is 18.4. The van der Waals surface area contributed by atoms with Gasteiger partial charge in [0.1, 0.15) is 5.00 Å². The van der Waals surface area contributed by atoms with E-state index < -0.39 is 12.0 Å². The molecule has 3 amide bonds. The molecule has 2 rings (SSSR count). The smallest absolute Gasteiger partial charge is 0.414 e. The van der Waals surface area contributed by atoms with Gasteiger partial charge in [0.2, 0.25) is 5.91 Å². The summed E-state index contributed by atoms with van der Waals surface area (Å²) in [6.07, 6.45) is 3.03. The molecule has 1 aliphatic carbocycles. The lowest BCUT2D eigenvalue weighted by molar-refractivity contribution is -0.116. The van der Waals surface area contributed by atoms with Crippen molar-refractivity contribution in [3.8, 4) is 0 Å². The van der Waals surface area contributed by atoms with Crippen LogP contribution in [-0.4, -0.2) is 24.5 Å². The SMILES string of the molecule is CCCC(=O)Nc1sc2c(c1C(=O)NC(=O)OCC)CC[C@@H](C)C2. The second-order valence-electron chi connectivity index (χ2n) is 6.03. The van der Waals surface area contributed by atoms with E-state index in [2.05, 4.69) is 17.6 Å². The van der Waals surface area contributed by atoms with E-state index in [-0.39, 0.29) is 12.5 Å². The van der Waals surface area contributed by atoms with Crippen LogP contribution in [0.5, 0.6) is 0 Å². The minimum atomic E-state index is -0.766. The van der Waals surface area contributed by atoms with Crippen molar-refractivity contribution < 1.29 is 19.1 Å². The summed E-state index contributed by atoms with van der Waals surface area (Å²) in [5.74, 6) is -0.0713. The maximum atomic E-state index is 12.5. The van der Waals surface area contributed by atoms with Crippen LogP contribution in [0.25, 0.3) is 0 Å². The van der Waals surface area contributed by atoms with Gasteiger partial charge in [-0.2, -0.15) is 0 Å². The predicted octanol–water partition coefficient (Wildman–Crippen LogP) is 3.50. The zero-order valence-electron chi connectivity index (χ0n) is 14.4. The number of ether oxygens (including phenoxy) is 1. The molecule has 24 heavy (non-hydrogen) atoms. The van der Waals surface area contributed by atoms with Gasteiger partial charge < -0.3 is 10.1 Å². The lowest BCUT2D eigenvalue weighted by atomic mass is 9.88. The largest absolute Gasteiger partial charge is 0.450 e. The number of rotatable bonds is 5. The monoisotopic (exact) mass is 352 g/mol. The topological polar surface area (TPSA) is 84.5 Å². The number of carbonyl (C=O) groups is 3. The van der Waals surface area contributed by atoms with Gasteiger partial charge in [0, 0.05) is 11.3 Å². The summed E-state index contributed by atoms with van der Waals surface area (Å²) in [5.41, 5.74) is 1.37. The van der Waals surface area contributed by atoms with Crippen LogP contribution < -0.4 is 10.6 Å². The van der Waals surface area contributed by atoms with E-state index in [0.29, 0.717) is 22.9 Å². The zero-order valence-corrected chi connectivity index (χ0v) is 15.2. The maximum Gasteiger partial charge on any atom is 0.414 e. The Balaban J connectivity index is 2.30. The molecule has 0 aliphatic heterocycles. The van der Waals surface area contributed by atoms with Crippen LogP contribution in [-0.2, 0) is 22.4 Å². The standard InChI is InChI=1S/C17H24N2O4S/c1-4-6-13(20)18-16-14(15(21)19-17(22)23-5-2)11-8-7-10(3)9-12(11)24-16/h10H,4-9H2,1-3H3,(H,18,20)(H,19,21,22)/t10-/m1/s1. The fourth-order valence-electron chi connectivity index (χ4n) is 2.82. The normalized spacial score (nSPS) is 16.2. The van der Waals surface area contributed by atoms with Crippen molar-refractivity contribution in [2.45, 2.75) is 52.9 Å². The predicted molar refractivity (Wildman–Crippen MR) is 93.5 cm³/mol. The van der Waals surface area contributed by atoms with Crippen LogP contribution >= 0.6 is 11.3 Å². The molecular formula is C17H24N2O4S. The number of hydrogen-bond acceptors (Lipinski definition) is 5. The molecule has 1 heterocycles. The third-order valence-corrected chi connectivity index (χ3v) is 5.13. The molecule has 1 aromatic rings. The molecule has 6 nitrogen and oxygen atoms in total. The van der Waals surface area contributed by atoms with E-state index >= 15 is 0 Å². The summed E-state index contributed by atoms with van der Waals surface area (Å²) in [7, 11) is 0. The Kier molecular flexibility index (Phi) is 6.36. The molecule has 2 N–H and O–H groups in total. The highest BCUT2D eigenvalue weighted by molar-refractivity contribution is 7.17. The first-order valence-corrected chi connectivity index (χ1v) is 9.20. The first-order valence-electron chi connectivity index (χ1n) is 8.38. The Labute approximate surface area is 146 Å². The summed E-state index contributed by atoms with van der Waals surface area (Å²) in [4.78, 5) is 37.2. The number of anilines is 1. The number of carbonyl (C=O) groups excluding carboxylic acids is 3. The van der Waals surface area contributed by atoms with Gasteiger partial charge in [-0.15, -0.1) is 11.3 Å². The Morgan fingerprint density at radius 3 is 2.71 bits per heavy atom. The van der Waals surface area contributed by atoms with Crippen molar-refractivity contribution in [2.75, 3.05) is 11.9 Å². The zero-order chi connectivity index (χ0) is 17.7. The van der Waals surface area contributed by atoms with Gasteiger partial charge >= 0.3 is 6.09 Å². The fourth-order valence-corrected chi connectivity index (χ4v) is 4.24. The maximum absolute atomic E-state index is 12.5. The average Bonchev–Trinajstić information content (AvgIpc) is 2.84. The van der Waals surface area contributed by atoms with Crippen LogP contribution in [0.1, 0.15) is 60.8 Å². The van der Waals surface area contributed by atoms with Crippen molar-refractivity contribution >= 4 is 34.2 Å². The Morgan fingerprint density at radius 2 is 2.04 bits per heavy atom. The van der Waals surface area contributed by atoms with E-state index in [1.807, 2.05) is 6.92 Å². The lowest BCUT2D eigenvalue weighted by Crippen LogP contribution is -2.32. The summed E-state index contributed by atoms with van der Waals surface area (Å²) in [6, 6.07) is 0. The second kappa shape index (κ2) is 8.28. The molecular weight excluding hydrogens is 328 g/mol. The molecule has 1 aromatic heterocycles. The number of thiophene rings is 1. The van der Waals surface area contributed by atoms with E-state index in [1.165, 1.54) is 11.3 Å². The fraction of sp³-hybridized carbons (Fsp3) is 0.588. The van der Waals surface area contributed by atoms with Gasteiger partial charge in [0.15, 0.2) is 0 Å². The molecule has 132 valence electrons. The Hall–Kier alpha value is -1.89. The van der Waals surface area contributed by atoms with Crippen LogP contribution in [0.15, 0.2) is 0 Å². The average molecular weight is 352 g/mol. The molecule has 0 spiro atoms. The van der Waals surface area contributed by atoms with Crippen molar-refractivity contribution in [1.29, 1.82) is 0 Å². The summed E-state index contributed by atoms with van der Waals surface area (Å²) in [6.45, 7) is 5.97. The van der Waals surface area contributed by atoms with Crippen LogP contribution in [0.2, 0.25) is 0 Å². The molecule has 0 saturated heterocycles. The molecule has 0 unspecified atom stereocenters. The third-order valence-electron chi connectivity index (χ3n) is 3.96. The molecule has 0 radical (unpaired) electrons. The number of alkyl carbamates (subject to hydrolysis) is 1. The van der Waals surface area contributed by atoms with E-state index in [1.54, 1.807) is 6.92 Å². The molecule has 0 bridgehead atoms. The van der Waals surface area contributed by atoms with E-state index in [0.717, 1.165) is 36.1 Å². The number of fused-ring (bicyclic) bond motifs is 1. The molecule has 0 saturated carbocycles. The lowest BCUT2D eigenvalue weighted by Gasteiger charge is -2.18. The van der Waals surface area contributed by atoms with E-state index in [9.17, 15) is 14.4 Å². The van der Waals surface area contributed by atoms with Crippen LogP contribution in [0, 0.1) is 5.92 Å². The number of amides is 3. The third kappa shape index (κ3) is 4.35. The highest BCUT2D eigenvalue weighted by Crippen LogP contribution is 2.39. The Bertz CT molecular complexity index is 639. The van der Waals surface area contributed by atoms with Gasteiger partial charge in [-0.05, 0) is 44.1 Å². The first-order chi connectivity index (χ1) is 11.5. The van der Waals surface area contributed by atoms with Gasteiger partial charge in [0.05, 0.1) is 12.2 Å². The Morgan fingerprint density at radius 1 is 1.29 bits per heavy atom. The summed E-state index contributed by atoms with van der Waals surface area (Å²) < 4.78 is 4.78. The summed E-state index contributed by atoms with van der Waals surface area (Å²) in [5, 5.41) is 5.62. The minimum absolute atomic E-state index is 0.116. The van der Waals surface area contributed by atoms with Crippen molar-refractivity contribution in [2.24, 2.45) is 5.92 Å². The molecule has 1 aliphatic rings. The second-order valence-corrected chi connectivity index (χ2v) is 7.13. The highest BCUT2D eigenvalue weighted by Gasteiger charge is 2.29. The summed E-state index contributed by atoms with van der Waals surface area (Å²) >= 11 is 1.44. The van der Waals surface area contributed by atoms with Crippen molar-refractivity contribution in [3.05, 3.63) is 16.0 Å². The number of hydrogen-bond donors (Lipinski definition) is 2. The number of imide groups is 1. The minimum Gasteiger partial charge on any atom is -0.450 e. The quantitative estimate of drug-likeness (QED) is 0.849. The van der Waals surface area contributed by atoms with Gasteiger partial charge in [-0.3, -0.25) is 14.9 Å². The number of nitrogens with one attached hydrogen (secondary N) is 2. The molecule has 0 fully saturated rings. The van der Waals surface area contributed by atoms with Crippen LogP contribution in [0.4, 0.5) is 9.80 Å². The van der Waals surface area contributed by atoms with E-state index in [4.69, 9.17) is 4.74 Å². The van der Waals surface area contributed by atoms with Crippen molar-refractivity contribution in [1.82, 2.24) is 5.32 Å². The molecule has 1 atom stereocenters. The van der Waals surface area contributed by atoms with Gasteiger partial charge in [-0.25, -0.2) is 4.79 Å². The molecule has 0 aromatic carbocycles. The molecule has 7 heteroatoms. The van der Waals surface area contributed by atoms with Gasteiger partial charge in [-0.1, -0.05) is 13.8 Å². The van der Waals surface area contributed by atoms with Crippen LogP contribution in [0.3, 0.4) is 0 Å².